The first-order valence-electron chi connectivity index (χ1n) is 31.6. The number of benzene rings is 4. The maximum absolute atomic E-state index is 13.6. The van der Waals surface area contributed by atoms with Crippen molar-refractivity contribution in [1.29, 1.82) is 0 Å². The van der Waals surface area contributed by atoms with Gasteiger partial charge in [0.25, 0.3) is 0 Å². The molecule has 0 spiro atoms. The number of aryl methyl sites for hydroxylation is 4. The number of H-pyrrole nitrogens is 2. The number of carbonyl (C=O) groups is 4. The van der Waals surface area contributed by atoms with Crippen LogP contribution in [0.25, 0.3) is 44.3 Å². The topological polar surface area (TPSA) is 248 Å². The molecule has 6 amide bonds. The molecule has 1 fully saturated rings. The number of carbonyl (C=O) groups excluding carboxylic acids is 4. The van der Waals surface area contributed by atoms with Crippen LogP contribution in [-0.2, 0) is 39.7 Å². The van der Waals surface area contributed by atoms with Gasteiger partial charge in [-0.3, -0.25) is 40.2 Å². The molecule has 1 atom stereocenters. The molecule has 18 nitrogen and oxygen atoms in total. The SMILES string of the molecule is CCN(CC)C(=O)C(C)(C)c1ccc2[nH]c(-c3cc(C)cc(C)c3)c(CCN=C(NC(N)=O)N3CCC(c4ccncc4)C3)c2c1.CCN(CC)C(=O)C(C)(C)c1ccc2[nH]c(-c3cc(C)cc(C)c3)c(CCN=C(NCCc3ccncc3)NC(N)=O)c2c1. The average molecular weight is 1220 g/mol. The van der Waals surface area contributed by atoms with E-state index in [1.54, 1.807) is 12.4 Å². The van der Waals surface area contributed by atoms with Gasteiger partial charge in [-0.1, -0.05) is 46.5 Å². The molecule has 8 aromatic rings. The second-order valence-electron chi connectivity index (χ2n) is 24.6. The number of amides is 6. The number of likely N-dealkylation sites (N-methyl/N-ethyl adjacent to an activating group) is 2. The van der Waals surface area contributed by atoms with Crippen molar-refractivity contribution < 1.29 is 19.2 Å². The lowest BCUT2D eigenvalue weighted by molar-refractivity contribution is -0.136. The number of hydrogen-bond acceptors (Lipinski definition) is 8. The molecule has 90 heavy (non-hydrogen) atoms. The van der Waals surface area contributed by atoms with E-state index in [9.17, 15) is 19.2 Å². The summed E-state index contributed by atoms with van der Waals surface area (Å²) in [5.74, 6) is 1.40. The van der Waals surface area contributed by atoms with Gasteiger partial charge >= 0.3 is 12.1 Å². The van der Waals surface area contributed by atoms with E-state index in [2.05, 4.69) is 141 Å². The maximum Gasteiger partial charge on any atom is 0.318 e. The van der Waals surface area contributed by atoms with Crippen LogP contribution in [0.3, 0.4) is 0 Å². The lowest BCUT2D eigenvalue weighted by Crippen LogP contribution is -2.45. The van der Waals surface area contributed by atoms with E-state index in [-0.39, 0.29) is 11.8 Å². The van der Waals surface area contributed by atoms with Gasteiger partial charge in [-0.2, -0.15) is 0 Å². The molecule has 9 rings (SSSR count). The van der Waals surface area contributed by atoms with Gasteiger partial charge in [0, 0.05) is 123 Å². The third-order valence-corrected chi connectivity index (χ3v) is 17.3. The van der Waals surface area contributed by atoms with E-state index in [0.29, 0.717) is 76.5 Å². The highest BCUT2D eigenvalue weighted by Crippen LogP contribution is 2.38. The van der Waals surface area contributed by atoms with E-state index in [1.165, 1.54) is 27.8 Å². The molecule has 1 saturated heterocycles. The molecular formula is C72H92N14O4. The van der Waals surface area contributed by atoms with E-state index in [4.69, 9.17) is 21.5 Å². The average Bonchev–Trinajstić information content (AvgIpc) is 1.65. The summed E-state index contributed by atoms with van der Waals surface area (Å²) in [5, 5.41) is 10.8. The van der Waals surface area contributed by atoms with Crippen molar-refractivity contribution in [2.75, 3.05) is 58.9 Å². The fraction of sp³-hybridized carbons (Fsp3) is 0.389. The number of fused-ring (bicyclic) bond motifs is 2. The van der Waals surface area contributed by atoms with Crippen molar-refractivity contribution in [2.45, 2.75) is 126 Å². The van der Waals surface area contributed by atoms with Crippen LogP contribution in [0.1, 0.15) is 123 Å². The summed E-state index contributed by atoms with van der Waals surface area (Å²) in [4.78, 5) is 81.9. The molecule has 1 unspecified atom stereocenters. The van der Waals surface area contributed by atoms with Gasteiger partial charge in [-0.25, -0.2) is 9.59 Å². The minimum atomic E-state index is -0.690. The molecule has 0 aliphatic carbocycles. The minimum absolute atomic E-state index is 0.109. The number of likely N-dealkylation sites (tertiary alicyclic amines) is 1. The maximum atomic E-state index is 13.6. The number of rotatable bonds is 20. The molecule has 0 saturated carbocycles. The number of aromatic amines is 2. The predicted molar refractivity (Wildman–Crippen MR) is 365 cm³/mol. The van der Waals surface area contributed by atoms with Gasteiger partial charge in [0.05, 0.1) is 10.8 Å². The fourth-order valence-electron chi connectivity index (χ4n) is 12.5. The van der Waals surface area contributed by atoms with Gasteiger partial charge in [0.15, 0.2) is 5.96 Å². The minimum Gasteiger partial charge on any atom is -0.356 e. The Morgan fingerprint density at radius 2 is 1.03 bits per heavy atom. The van der Waals surface area contributed by atoms with Crippen LogP contribution in [0, 0.1) is 27.7 Å². The number of pyridine rings is 2. The van der Waals surface area contributed by atoms with Crippen molar-refractivity contribution in [3.8, 4) is 22.5 Å². The lowest BCUT2D eigenvalue weighted by Gasteiger charge is -2.31. The van der Waals surface area contributed by atoms with Crippen molar-refractivity contribution in [2.24, 2.45) is 21.5 Å². The molecule has 4 aromatic carbocycles. The third-order valence-electron chi connectivity index (χ3n) is 17.3. The number of nitrogens with two attached hydrogens (primary N) is 2. The summed E-state index contributed by atoms with van der Waals surface area (Å²) in [6, 6.07) is 32.4. The highest BCUT2D eigenvalue weighted by Gasteiger charge is 2.35. The quantitative estimate of drug-likeness (QED) is 0.0285. The van der Waals surface area contributed by atoms with Gasteiger partial charge in [-0.15, -0.1) is 0 Å². The Hall–Kier alpha value is -9.32. The predicted octanol–water partition coefficient (Wildman–Crippen LogP) is 11.4. The van der Waals surface area contributed by atoms with Crippen LogP contribution in [-0.4, -0.2) is 129 Å². The van der Waals surface area contributed by atoms with Crippen molar-refractivity contribution >= 4 is 57.6 Å². The second kappa shape index (κ2) is 29.8. The number of hydrogen-bond donors (Lipinski definition) is 7. The van der Waals surface area contributed by atoms with Crippen molar-refractivity contribution in [1.82, 2.24) is 50.6 Å². The van der Waals surface area contributed by atoms with Crippen LogP contribution in [0.2, 0.25) is 0 Å². The Morgan fingerprint density at radius 3 is 1.48 bits per heavy atom. The smallest absolute Gasteiger partial charge is 0.318 e. The Labute approximate surface area is 530 Å². The summed E-state index contributed by atoms with van der Waals surface area (Å²) in [6.45, 7) is 30.1. The second-order valence-corrected chi connectivity index (χ2v) is 24.6. The first-order valence-corrected chi connectivity index (χ1v) is 31.6. The third kappa shape index (κ3) is 16.1. The zero-order chi connectivity index (χ0) is 64.9. The first-order chi connectivity index (χ1) is 43.0. The summed E-state index contributed by atoms with van der Waals surface area (Å²) < 4.78 is 0. The van der Waals surface area contributed by atoms with E-state index in [0.717, 1.165) is 98.1 Å². The molecule has 0 radical (unpaired) electrons. The number of aromatic nitrogens is 4. The molecule has 474 valence electrons. The van der Waals surface area contributed by atoms with Crippen molar-refractivity contribution in [3.05, 3.63) is 177 Å². The zero-order valence-electron chi connectivity index (χ0n) is 54.7. The molecule has 18 heteroatoms. The van der Waals surface area contributed by atoms with E-state index < -0.39 is 22.9 Å². The molecule has 9 N–H and O–H groups in total. The molecule has 4 aromatic heterocycles. The van der Waals surface area contributed by atoms with Gasteiger partial charge in [0.1, 0.15) is 0 Å². The van der Waals surface area contributed by atoms with Gasteiger partial charge in [-0.05, 0) is 226 Å². The van der Waals surface area contributed by atoms with Crippen LogP contribution in [0.5, 0.6) is 0 Å². The summed E-state index contributed by atoms with van der Waals surface area (Å²) in [5.41, 5.74) is 27.2. The number of urea groups is 2. The molecule has 0 bridgehead atoms. The molecular weight excluding hydrogens is 1120 g/mol. The first kappa shape index (κ1) is 66.6. The fourth-order valence-corrected chi connectivity index (χ4v) is 12.5. The van der Waals surface area contributed by atoms with Crippen LogP contribution in [0.15, 0.2) is 132 Å². The number of primary amides is 2. The summed E-state index contributed by atoms with van der Waals surface area (Å²) in [6.07, 6.45) is 10.1. The van der Waals surface area contributed by atoms with Crippen molar-refractivity contribution in [3.63, 3.8) is 0 Å². The Balaban J connectivity index is 0.000000233. The van der Waals surface area contributed by atoms with E-state index >= 15 is 0 Å². The van der Waals surface area contributed by atoms with Gasteiger partial charge in [0.2, 0.25) is 17.8 Å². The summed E-state index contributed by atoms with van der Waals surface area (Å²) >= 11 is 0. The lowest BCUT2D eigenvalue weighted by atomic mass is 9.82. The Bertz CT molecular complexity index is 3830. The monoisotopic (exact) mass is 1220 g/mol. The van der Waals surface area contributed by atoms with Gasteiger partial charge < -0.3 is 41.5 Å². The molecule has 1 aliphatic rings. The Kier molecular flexibility index (Phi) is 22.1. The highest BCUT2D eigenvalue weighted by atomic mass is 16.2. The summed E-state index contributed by atoms with van der Waals surface area (Å²) in [7, 11) is 0. The largest absolute Gasteiger partial charge is 0.356 e. The number of nitrogens with zero attached hydrogens (tertiary/aromatic N) is 7. The van der Waals surface area contributed by atoms with Crippen LogP contribution >= 0.6 is 0 Å². The van der Waals surface area contributed by atoms with Crippen LogP contribution < -0.4 is 27.4 Å². The molecule has 5 heterocycles. The standard InChI is InChI=1S/C37H47N7O2.C35H45N7O2/c1-7-43(8-2)34(45)37(5,6)29-9-10-32-31(22-29)30(33(41-32)28-20-24(3)19-25(4)21-28)13-17-40-36(42-35(38)46)44-18-14-27(23-44)26-11-15-39-16-12-26;1-7-42(8-2)32(43)35(5,6)27-9-10-30-29(22-27)28(31(40-30)26-20-23(3)19-24(4)21-26)14-18-39-34(41-33(36)44)38-17-13-25-11-15-37-16-12-25/h9-12,15-16,19-22,27,41H,7-8,13-14,17-18,23H2,1-6H3,(H3,38,40,42,46);9-12,15-16,19-22,40H,7-8,13-14,17-18H2,1-6H3,(H4,36,38,39,41,44). The van der Waals surface area contributed by atoms with E-state index in [1.807, 2.05) is 102 Å². The number of nitrogens with one attached hydrogen (secondary N) is 5. The normalized spacial score (nSPS) is 13.7. The zero-order valence-corrected chi connectivity index (χ0v) is 54.7. The highest BCUT2D eigenvalue weighted by molar-refractivity contribution is 5.98. The van der Waals surface area contributed by atoms with Crippen LogP contribution in [0.4, 0.5) is 9.59 Å². The number of guanidine groups is 2. The number of aliphatic imine (C=N–C) groups is 2. The Morgan fingerprint density at radius 1 is 0.589 bits per heavy atom. The molecule has 1 aliphatic heterocycles.